The molecule has 1 amide bonds. The van der Waals surface area contributed by atoms with Gasteiger partial charge in [0.15, 0.2) is 0 Å². The molecule has 1 aromatic carbocycles. The minimum Gasteiger partial charge on any atom is -0.465 e. The first-order valence-electron chi connectivity index (χ1n) is 5.94. The predicted molar refractivity (Wildman–Crippen MR) is 67.1 cm³/mol. The summed E-state index contributed by atoms with van der Waals surface area (Å²) in [4.78, 5) is 23.5. The van der Waals surface area contributed by atoms with Gasteiger partial charge in [0.2, 0.25) is 5.91 Å². The molecule has 5 nitrogen and oxygen atoms in total. The topological polar surface area (TPSA) is 81.4 Å². The van der Waals surface area contributed by atoms with E-state index in [1.807, 2.05) is 0 Å². The number of amides is 1. The van der Waals surface area contributed by atoms with E-state index in [4.69, 9.17) is 5.73 Å². The molecule has 0 spiro atoms. The molecule has 0 saturated heterocycles. The van der Waals surface area contributed by atoms with Crippen LogP contribution in [0.1, 0.15) is 29.6 Å². The van der Waals surface area contributed by atoms with Crippen LogP contribution in [0.15, 0.2) is 18.2 Å². The van der Waals surface area contributed by atoms with Gasteiger partial charge in [-0.3, -0.25) is 4.79 Å². The molecular formula is C13H15FN2O3. The van der Waals surface area contributed by atoms with Crippen LogP contribution in [-0.4, -0.2) is 24.5 Å². The number of halogens is 1. The summed E-state index contributed by atoms with van der Waals surface area (Å²) in [5.41, 5.74) is 5.17. The summed E-state index contributed by atoms with van der Waals surface area (Å²) in [6.45, 7) is 0. The first kappa shape index (κ1) is 13.5. The molecule has 2 rings (SSSR count). The summed E-state index contributed by atoms with van der Waals surface area (Å²) in [5, 5.41) is 2.56. The van der Waals surface area contributed by atoms with Crippen molar-refractivity contribution in [1.82, 2.24) is 0 Å². The quantitative estimate of drug-likeness (QED) is 0.811. The Kier molecular flexibility index (Phi) is 3.53. The number of carbonyl (C=O) groups excluding carboxylic acids is 2. The molecule has 0 aromatic heterocycles. The third kappa shape index (κ3) is 2.58. The van der Waals surface area contributed by atoms with Gasteiger partial charge in [0, 0.05) is 0 Å². The lowest BCUT2D eigenvalue weighted by molar-refractivity contribution is -0.123. The van der Waals surface area contributed by atoms with Crippen LogP contribution < -0.4 is 11.1 Å². The Labute approximate surface area is 109 Å². The summed E-state index contributed by atoms with van der Waals surface area (Å²) < 4.78 is 17.7. The zero-order valence-corrected chi connectivity index (χ0v) is 10.5. The van der Waals surface area contributed by atoms with Crippen molar-refractivity contribution in [1.29, 1.82) is 0 Å². The number of hydrogen-bond acceptors (Lipinski definition) is 4. The van der Waals surface area contributed by atoms with Crippen LogP contribution in [0.3, 0.4) is 0 Å². The number of anilines is 1. The van der Waals surface area contributed by atoms with Crippen molar-refractivity contribution in [2.45, 2.75) is 24.8 Å². The number of nitrogens with two attached hydrogens (primary N) is 1. The number of carbonyl (C=O) groups is 2. The SMILES string of the molecule is COC(=O)c1cc(F)ccc1NC(=O)C1(N)CCC1. The van der Waals surface area contributed by atoms with Crippen LogP contribution in [0, 0.1) is 5.82 Å². The van der Waals surface area contributed by atoms with Crippen molar-refractivity contribution in [2.24, 2.45) is 5.73 Å². The van der Waals surface area contributed by atoms with Crippen LogP contribution in [0.4, 0.5) is 10.1 Å². The molecule has 1 saturated carbocycles. The number of hydrogen-bond donors (Lipinski definition) is 2. The molecule has 1 aliphatic rings. The highest BCUT2D eigenvalue weighted by Crippen LogP contribution is 2.31. The number of ether oxygens (including phenoxy) is 1. The lowest BCUT2D eigenvalue weighted by Gasteiger charge is -2.36. The van der Waals surface area contributed by atoms with Gasteiger partial charge in [0.1, 0.15) is 5.82 Å². The predicted octanol–water partition coefficient (Wildman–Crippen LogP) is 1.43. The fourth-order valence-corrected chi connectivity index (χ4v) is 1.94. The molecule has 0 bridgehead atoms. The highest BCUT2D eigenvalue weighted by molar-refractivity contribution is 6.04. The lowest BCUT2D eigenvalue weighted by atomic mass is 9.77. The maximum atomic E-state index is 13.1. The van der Waals surface area contributed by atoms with E-state index in [2.05, 4.69) is 10.1 Å². The standard InChI is InChI=1S/C13H15FN2O3/c1-19-11(17)9-7-8(14)3-4-10(9)16-12(18)13(15)5-2-6-13/h3-4,7H,2,5-6,15H2,1H3,(H,16,18). The van der Waals surface area contributed by atoms with Crippen LogP contribution in [0.2, 0.25) is 0 Å². The molecule has 0 atom stereocenters. The zero-order chi connectivity index (χ0) is 14.0. The highest BCUT2D eigenvalue weighted by Gasteiger charge is 2.40. The van der Waals surface area contributed by atoms with Gasteiger partial charge in [0.25, 0.3) is 0 Å². The summed E-state index contributed by atoms with van der Waals surface area (Å²) in [6.07, 6.45) is 2.11. The molecule has 0 radical (unpaired) electrons. The molecule has 1 aromatic rings. The third-order valence-electron chi connectivity index (χ3n) is 3.33. The summed E-state index contributed by atoms with van der Waals surface area (Å²) >= 11 is 0. The Morgan fingerprint density at radius 2 is 2.11 bits per heavy atom. The van der Waals surface area contributed by atoms with Crippen molar-refractivity contribution in [3.63, 3.8) is 0 Å². The number of esters is 1. The summed E-state index contributed by atoms with van der Waals surface area (Å²) in [7, 11) is 1.19. The molecule has 19 heavy (non-hydrogen) atoms. The van der Waals surface area contributed by atoms with Crippen molar-refractivity contribution < 1.29 is 18.7 Å². The fraction of sp³-hybridized carbons (Fsp3) is 0.385. The van der Waals surface area contributed by atoms with Crippen molar-refractivity contribution in [2.75, 3.05) is 12.4 Å². The second kappa shape index (κ2) is 4.97. The second-order valence-electron chi connectivity index (χ2n) is 4.65. The van der Waals surface area contributed by atoms with Gasteiger partial charge in [-0.2, -0.15) is 0 Å². The van der Waals surface area contributed by atoms with Crippen LogP contribution in [0.25, 0.3) is 0 Å². The Hall–Kier alpha value is -1.95. The van der Waals surface area contributed by atoms with Crippen LogP contribution >= 0.6 is 0 Å². The molecule has 0 heterocycles. The van der Waals surface area contributed by atoms with Gasteiger partial charge >= 0.3 is 5.97 Å². The Balaban J connectivity index is 2.24. The maximum Gasteiger partial charge on any atom is 0.340 e. The minimum atomic E-state index is -0.887. The van der Waals surface area contributed by atoms with Gasteiger partial charge in [-0.05, 0) is 37.5 Å². The lowest BCUT2D eigenvalue weighted by Crippen LogP contribution is -2.56. The number of methoxy groups -OCH3 is 1. The largest absolute Gasteiger partial charge is 0.465 e. The van der Waals surface area contributed by atoms with E-state index in [1.165, 1.54) is 13.2 Å². The van der Waals surface area contributed by atoms with Gasteiger partial charge in [-0.25, -0.2) is 9.18 Å². The van der Waals surface area contributed by atoms with Gasteiger partial charge in [0.05, 0.1) is 23.9 Å². The Bertz CT molecular complexity index is 527. The molecular weight excluding hydrogens is 251 g/mol. The molecule has 3 N–H and O–H groups in total. The number of nitrogens with one attached hydrogen (secondary N) is 1. The van der Waals surface area contributed by atoms with E-state index < -0.39 is 17.3 Å². The normalized spacial score (nSPS) is 16.4. The average Bonchev–Trinajstić information content (AvgIpc) is 2.36. The zero-order valence-electron chi connectivity index (χ0n) is 10.5. The first-order valence-corrected chi connectivity index (χ1v) is 5.94. The molecule has 1 fully saturated rings. The van der Waals surface area contributed by atoms with E-state index >= 15 is 0 Å². The van der Waals surface area contributed by atoms with E-state index in [0.717, 1.165) is 18.6 Å². The smallest absolute Gasteiger partial charge is 0.340 e. The van der Waals surface area contributed by atoms with E-state index in [9.17, 15) is 14.0 Å². The van der Waals surface area contributed by atoms with Gasteiger partial charge in [-0.15, -0.1) is 0 Å². The third-order valence-corrected chi connectivity index (χ3v) is 3.33. The second-order valence-corrected chi connectivity index (χ2v) is 4.65. The minimum absolute atomic E-state index is 0.0289. The summed E-state index contributed by atoms with van der Waals surface area (Å²) in [5.74, 6) is -1.66. The van der Waals surface area contributed by atoms with Crippen molar-refractivity contribution in [3.8, 4) is 0 Å². The molecule has 1 aliphatic carbocycles. The van der Waals surface area contributed by atoms with Crippen LogP contribution in [0.5, 0.6) is 0 Å². The maximum absolute atomic E-state index is 13.1. The number of benzene rings is 1. The fourth-order valence-electron chi connectivity index (χ4n) is 1.94. The summed E-state index contributed by atoms with van der Waals surface area (Å²) in [6, 6.07) is 3.50. The van der Waals surface area contributed by atoms with E-state index in [1.54, 1.807) is 0 Å². The highest BCUT2D eigenvalue weighted by atomic mass is 19.1. The van der Waals surface area contributed by atoms with E-state index in [-0.39, 0.29) is 17.2 Å². The van der Waals surface area contributed by atoms with E-state index in [0.29, 0.717) is 12.8 Å². The van der Waals surface area contributed by atoms with Crippen LogP contribution in [-0.2, 0) is 9.53 Å². The van der Waals surface area contributed by atoms with Crippen molar-refractivity contribution >= 4 is 17.6 Å². The molecule has 0 unspecified atom stereocenters. The van der Waals surface area contributed by atoms with Gasteiger partial charge < -0.3 is 15.8 Å². The molecule has 6 heteroatoms. The molecule has 0 aliphatic heterocycles. The Morgan fingerprint density at radius 3 is 2.63 bits per heavy atom. The monoisotopic (exact) mass is 266 g/mol. The average molecular weight is 266 g/mol. The number of rotatable bonds is 3. The Morgan fingerprint density at radius 1 is 1.42 bits per heavy atom. The molecule has 102 valence electrons. The first-order chi connectivity index (χ1) is 8.96. The van der Waals surface area contributed by atoms with Gasteiger partial charge in [-0.1, -0.05) is 0 Å². The van der Waals surface area contributed by atoms with Crippen molar-refractivity contribution in [3.05, 3.63) is 29.6 Å².